The van der Waals surface area contributed by atoms with E-state index in [4.69, 9.17) is 9.15 Å². The number of rotatable bonds is 8. The van der Waals surface area contributed by atoms with Crippen molar-refractivity contribution in [1.82, 2.24) is 4.98 Å². The molecule has 0 unspecified atom stereocenters. The van der Waals surface area contributed by atoms with E-state index < -0.39 is 23.8 Å². The molecule has 0 spiro atoms. The Hall–Kier alpha value is -2.55. The molecule has 0 fully saturated rings. The zero-order chi connectivity index (χ0) is 20.9. The van der Waals surface area contributed by atoms with Gasteiger partial charge in [0.25, 0.3) is 0 Å². The molecule has 0 saturated heterocycles. The molecule has 9 heteroatoms. The number of halogens is 4. The van der Waals surface area contributed by atoms with Crippen molar-refractivity contribution in [2.24, 2.45) is 0 Å². The fraction of sp³-hybridized carbons (Fsp3) is 0.300. The van der Waals surface area contributed by atoms with Crippen LogP contribution in [-0.2, 0) is 12.9 Å². The molecule has 0 aliphatic rings. The minimum absolute atomic E-state index is 0.0375. The van der Waals surface area contributed by atoms with Gasteiger partial charge in [0, 0.05) is 22.5 Å². The van der Waals surface area contributed by atoms with Crippen molar-refractivity contribution >= 4 is 22.7 Å². The second kappa shape index (κ2) is 9.30. The van der Waals surface area contributed by atoms with Crippen LogP contribution in [0.25, 0.3) is 10.9 Å². The van der Waals surface area contributed by atoms with Gasteiger partial charge in [-0.15, -0.1) is 11.8 Å². The zero-order valence-electron chi connectivity index (χ0n) is 15.2. The number of thioether (sulfide) groups is 1. The SMILES string of the molecule is O=c1cc(CF)occ1OCCCCSc1ccnc2cc(C(F)(F)F)ccc12. The van der Waals surface area contributed by atoms with E-state index in [-0.39, 0.29) is 11.5 Å². The van der Waals surface area contributed by atoms with Crippen molar-refractivity contribution in [3.05, 3.63) is 64.3 Å². The van der Waals surface area contributed by atoms with Crippen LogP contribution in [0.3, 0.4) is 0 Å². The number of nitrogens with zero attached hydrogens (tertiary/aromatic N) is 1. The summed E-state index contributed by atoms with van der Waals surface area (Å²) in [4.78, 5) is 16.6. The van der Waals surface area contributed by atoms with Crippen molar-refractivity contribution in [3.63, 3.8) is 0 Å². The average molecular weight is 427 g/mol. The average Bonchev–Trinajstić information content (AvgIpc) is 2.70. The summed E-state index contributed by atoms with van der Waals surface area (Å²) in [6, 6.07) is 6.38. The summed E-state index contributed by atoms with van der Waals surface area (Å²) in [7, 11) is 0. The molecule has 29 heavy (non-hydrogen) atoms. The minimum atomic E-state index is -4.40. The molecule has 0 bridgehead atoms. The van der Waals surface area contributed by atoms with Gasteiger partial charge < -0.3 is 9.15 Å². The maximum Gasteiger partial charge on any atom is 0.416 e. The third-order valence-corrected chi connectivity index (χ3v) is 5.23. The van der Waals surface area contributed by atoms with Crippen molar-refractivity contribution in [2.75, 3.05) is 12.4 Å². The lowest BCUT2D eigenvalue weighted by Crippen LogP contribution is -2.08. The summed E-state index contributed by atoms with van der Waals surface area (Å²) in [6.07, 6.45) is -0.372. The van der Waals surface area contributed by atoms with E-state index in [0.29, 0.717) is 23.9 Å². The second-order valence-corrected chi connectivity index (χ2v) is 7.29. The quantitative estimate of drug-likeness (QED) is 0.265. The normalized spacial score (nSPS) is 11.7. The van der Waals surface area contributed by atoms with Gasteiger partial charge in [0.15, 0.2) is 0 Å². The van der Waals surface area contributed by atoms with E-state index in [0.717, 1.165) is 41.5 Å². The monoisotopic (exact) mass is 427 g/mol. The first-order valence-electron chi connectivity index (χ1n) is 8.78. The van der Waals surface area contributed by atoms with Crippen LogP contribution < -0.4 is 10.2 Å². The molecule has 0 saturated carbocycles. The van der Waals surface area contributed by atoms with Crippen molar-refractivity contribution < 1.29 is 26.7 Å². The highest BCUT2D eigenvalue weighted by atomic mass is 32.2. The van der Waals surface area contributed by atoms with Crippen LogP contribution in [0.5, 0.6) is 5.75 Å². The van der Waals surface area contributed by atoms with Crippen molar-refractivity contribution in [2.45, 2.75) is 30.6 Å². The predicted molar refractivity (Wildman–Crippen MR) is 102 cm³/mol. The van der Waals surface area contributed by atoms with E-state index in [1.165, 1.54) is 24.0 Å². The van der Waals surface area contributed by atoms with Gasteiger partial charge in [0.2, 0.25) is 11.2 Å². The summed E-state index contributed by atoms with van der Waals surface area (Å²) in [5.74, 6) is 0.708. The first-order valence-corrected chi connectivity index (χ1v) is 9.76. The molecule has 3 rings (SSSR count). The highest BCUT2D eigenvalue weighted by molar-refractivity contribution is 7.99. The smallest absolute Gasteiger partial charge is 0.416 e. The molecule has 0 aliphatic carbocycles. The number of ether oxygens (including phenoxy) is 1. The maximum atomic E-state index is 12.8. The Morgan fingerprint density at radius 2 is 1.97 bits per heavy atom. The van der Waals surface area contributed by atoms with Gasteiger partial charge in [-0.3, -0.25) is 9.78 Å². The Morgan fingerprint density at radius 3 is 2.69 bits per heavy atom. The number of alkyl halides is 4. The number of aromatic nitrogens is 1. The van der Waals surface area contributed by atoms with Gasteiger partial charge in [-0.05, 0) is 36.8 Å². The van der Waals surface area contributed by atoms with Crippen LogP contribution in [0.1, 0.15) is 24.2 Å². The molecule has 0 aliphatic heterocycles. The summed E-state index contributed by atoms with van der Waals surface area (Å²) in [6.45, 7) is -0.555. The maximum absolute atomic E-state index is 12.8. The Labute approximate surface area is 167 Å². The summed E-state index contributed by atoms with van der Waals surface area (Å²) in [5.41, 5.74) is -0.850. The largest absolute Gasteiger partial charge is 0.487 e. The van der Waals surface area contributed by atoms with E-state index >= 15 is 0 Å². The van der Waals surface area contributed by atoms with Gasteiger partial charge in [-0.1, -0.05) is 6.07 Å². The molecular weight excluding hydrogens is 410 g/mol. The van der Waals surface area contributed by atoms with Crippen LogP contribution in [0.15, 0.2) is 56.9 Å². The number of fused-ring (bicyclic) bond motifs is 1. The number of pyridine rings is 1. The van der Waals surface area contributed by atoms with E-state index in [1.54, 1.807) is 6.07 Å². The highest BCUT2D eigenvalue weighted by Crippen LogP contribution is 2.33. The van der Waals surface area contributed by atoms with Gasteiger partial charge in [0.05, 0.1) is 17.7 Å². The van der Waals surface area contributed by atoms with Crippen molar-refractivity contribution in [1.29, 1.82) is 0 Å². The molecule has 2 heterocycles. The van der Waals surface area contributed by atoms with E-state index in [9.17, 15) is 22.4 Å². The highest BCUT2D eigenvalue weighted by Gasteiger charge is 2.30. The number of hydrogen-bond acceptors (Lipinski definition) is 5. The van der Waals surface area contributed by atoms with Gasteiger partial charge in [-0.25, -0.2) is 4.39 Å². The predicted octanol–water partition coefficient (Wildman–Crippen LogP) is 5.63. The Balaban J connectivity index is 1.51. The third-order valence-electron chi connectivity index (χ3n) is 4.07. The lowest BCUT2D eigenvalue weighted by atomic mass is 10.1. The minimum Gasteiger partial charge on any atom is -0.487 e. The molecule has 0 amide bonds. The van der Waals surface area contributed by atoms with Crippen LogP contribution in [-0.4, -0.2) is 17.3 Å². The Morgan fingerprint density at radius 1 is 1.14 bits per heavy atom. The molecule has 0 atom stereocenters. The molecule has 2 aromatic heterocycles. The first-order chi connectivity index (χ1) is 13.9. The lowest BCUT2D eigenvalue weighted by Gasteiger charge is -2.10. The van der Waals surface area contributed by atoms with Crippen molar-refractivity contribution in [3.8, 4) is 5.75 Å². The first kappa shape index (κ1) is 21.2. The van der Waals surface area contributed by atoms with Crippen LogP contribution in [0.4, 0.5) is 17.6 Å². The lowest BCUT2D eigenvalue weighted by molar-refractivity contribution is -0.137. The molecular formula is C20H17F4NO3S. The van der Waals surface area contributed by atoms with E-state index in [1.807, 2.05) is 0 Å². The van der Waals surface area contributed by atoms with Crippen LogP contribution >= 0.6 is 11.8 Å². The molecule has 0 radical (unpaired) electrons. The summed E-state index contributed by atoms with van der Waals surface area (Å²) in [5, 5.41) is 0.673. The standard InChI is InChI=1S/C20H17F4NO3S/c21-11-14-10-17(26)18(12-28-14)27-7-1-2-8-29-19-5-6-25-16-9-13(20(22,23)24)3-4-15(16)19/h3-6,9-10,12H,1-2,7-8,11H2. The van der Waals surface area contributed by atoms with Gasteiger partial charge in [0.1, 0.15) is 18.7 Å². The van der Waals surface area contributed by atoms with Gasteiger partial charge in [-0.2, -0.15) is 13.2 Å². The summed E-state index contributed by atoms with van der Waals surface area (Å²) < 4.78 is 61.2. The Bertz CT molecular complexity index is 1040. The fourth-order valence-corrected chi connectivity index (χ4v) is 3.66. The topological polar surface area (TPSA) is 52.3 Å². The second-order valence-electron chi connectivity index (χ2n) is 6.15. The van der Waals surface area contributed by atoms with Gasteiger partial charge >= 0.3 is 6.18 Å². The third kappa shape index (κ3) is 5.50. The molecule has 154 valence electrons. The molecule has 0 N–H and O–H groups in total. The van der Waals surface area contributed by atoms with Crippen LogP contribution in [0, 0.1) is 0 Å². The molecule has 3 aromatic rings. The number of benzene rings is 1. The number of hydrogen-bond donors (Lipinski definition) is 0. The fourth-order valence-electron chi connectivity index (χ4n) is 2.61. The molecule has 1 aromatic carbocycles. The van der Waals surface area contributed by atoms with Crippen LogP contribution in [0.2, 0.25) is 0 Å². The zero-order valence-corrected chi connectivity index (χ0v) is 16.0. The van der Waals surface area contributed by atoms with E-state index in [2.05, 4.69) is 4.98 Å². The number of unbranched alkanes of at least 4 members (excludes halogenated alkanes) is 1. The summed E-state index contributed by atoms with van der Waals surface area (Å²) >= 11 is 1.52. The molecule has 4 nitrogen and oxygen atoms in total. The Kier molecular flexibility index (Phi) is 6.79.